The molecule has 0 radical (unpaired) electrons. The molecule has 0 spiro atoms. The molecule has 0 bridgehead atoms. The maximum Gasteiger partial charge on any atom is 0.275 e. The van der Waals surface area contributed by atoms with Crippen LogP contribution in [0.25, 0.3) is 10.6 Å². The summed E-state index contributed by atoms with van der Waals surface area (Å²) in [6.45, 7) is 0.657. The van der Waals surface area contributed by atoms with E-state index in [9.17, 15) is 9.59 Å². The quantitative estimate of drug-likeness (QED) is 0.447. The van der Waals surface area contributed by atoms with Crippen molar-refractivity contribution in [2.45, 2.75) is 12.8 Å². The summed E-state index contributed by atoms with van der Waals surface area (Å²) in [4.78, 5) is 32.2. The average molecular weight is 440 g/mol. The fourth-order valence-electron chi connectivity index (χ4n) is 3.89. The summed E-state index contributed by atoms with van der Waals surface area (Å²) < 4.78 is 0. The Hall–Kier alpha value is -3.77. The van der Waals surface area contributed by atoms with Gasteiger partial charge >= 0.3 is 0 Å². The van der Waals surface area contributed by atoms with Crippen LogP contribution >= 0.6 is 11.3 Å². The summed E-state index contributed by atoms with van der Waals surface area (Å²) in [7, 11) is 0. The Morgan fingerprint density at radius 3 is 2.47 bits per heavy atom. The van der Waals surface area contributed by atoms with Crippen molar-refractivity contribution < 1.29 is 9.59 Å². The second-order valence-electron chi connectivity index (χ2n) is 7.63. The number of hydrogen-bond acceptors (Lipinski definition) is 4. The number of amides is 2. The Morgan fingerprint density at radius 1 is 0.938 bits per heavy atom. The van der Waals surface area contributed by atoms with Gasteiger partial charge in [-0.25, -0.2) is 4.98 Å². The Labute approximate surface area is 190 Å². The minimum Gasteiger partial charge on any atom is -0.321 e. The van der Waals surface area contributed by atoms with Crippen molar-refractivity contribution in [1.29, 1.82) is 0 Å². The second-order valence-corrected chi connectivity index (χ2v) is 8.49. The maximum atomic E-state index is 13.1. The molecule has 4 aromatic rings. The number of anilines is 2. The number of carbonyl (C=O) groups is 2. The smallest absolute Gasteiger partial charge is 0.275 e. The highest BCUT2D eigenvalue weighted by atomic mass is 32.1. The fraction of sp³-hybridized carbons (Fsp3) is 0.115. The van der Waals surface area contributed by atoms with Gasteiger partial charge in [0.15, 0.2) is 0 Å². The van der Waals surface area contributed by atoms with Crippen LogP contribution in [0, 0.1) is 0 Å². The molecule has 158 valence electrons. The van der Waals surface area contributed by atoms with Crippen LogP contribution < -0.4 is 10.2 Å². The lowest BCUT2D eigenvalue weighted by Crippen LogP contribution is -2.35. The molecule has 1 aliphatic rings. The summed E-state index contributed by atoms with van der Waals surface area (Å²) in [6.07, 6.45) is 1.83. The predicted octanol–water partition coefficient (Wildman–Crippen LogP) is 5.66. The van der Waals surface area contributed by atoms with Crippen LogP contribution in [0.3, 0.4) is 0 Å². The summed E-state index contributed by atoms with van der Waals surface area (Å²) in [5.41, 5.74) is 4.63. The number of aryl methyl sites for hydroxylation is 1. The topological polar surface area (TPSA) is 62.3 Å². The van der Waals surface area contributed by atoms with Gasteiger partial charge < -0.3 is 10.2 Å². The summed E-state index contributed by atoms with van der Waals surface area (Å²) >= 11 is 1.44. The molecular weight excluding hydrogens is 418 g/mol. The van der Waals surface area contributed by atoms with Crippen molar-refractivity contribution in [3.8, 4) is 10.6 Å². The number of nitrogens with zero attached hydrogens (tertiary/aromatic N) is 2. The van der Waals surface area contributed by atoms with Gasteiger partial charge in [0.05, 0.1) is 0 Å². The minimum absolute atomic E-state index is 0.0259. The number of fused-ring (bicyclic) bond motifs is 1. The van der Waals surface area contributed by atoms with Crippen molar-refractivity contribution >= 4 is 34.5 Å². The summed E-state index contributed by atoms with van der Waals surface area (Å²) in [5.74, 6) is -0.290. The van der Waals surface area contributed by atoms with Gasteiger partial charge in [-0.1, -0.05) is 54.6 Å². The Morgan fingerprint density at radius 2 is 1.69 bits per heavy atom. The highest BCUT2D eigenvalue weighted by Gasteiger charge is 2.24. The molecule has 2 amide bonds. The van der Waals surface area contributed by atoms with E-state index >= 15 is 0 Å². The minimum atomic E-state index is -0.264. The third-order valence-corrected chi connectivity index (χ3v) is 6.38. The molecule has 0 saturated heterocycles. The van der Waals surface area contributed by atoms with E-state index in [1.54, 1.807) is 10.3 Å². The van der Waals surface area contributed by atoms with Gasteiger partial charge in [-0.2, -0.15) is 0 Å². The van der Waals surface area contributed by atoms with Crippen LogP contribution in [-0.4, -0.2) is 23.3 Å². The molecule has 0 saturated carbocycles. The third kappa shape index (κ3) is 4.05. The Bertz CT molecular complexity index is 1270. The molecule has 0 aliphatic carbocycles. The largest absolute Gasteiger partial charge is 0.321 e. The number of aromatic nitrogens is 1. The van der Waals surface area contributed by atoms with E-state index in [4.69, 9.17) is 0 Å². The van der Waals surface area contributed by atoms with Crippen molar-refractivity contribution in [3.63, 3.8) is 0 Å². The molecule has 3 aromatic carbocycles. The fourth-order valence-corrected chi connectivity index (χ4v) is 4.69. The van der Waals surface area contributed by atoms with Crippen LogP contribution in [0.1, 0.15) is 32.8 Å². The number of rotatable bonds is 4. The van der Waals surface area contributed by atoms with Gasteiger partial charge in [-0.3, -0.25) is 9.59 Å². The number of benzene rings is 3. The molecule has 1 N–H and O–H groups in total. The molecule has 0 atom stereocenters. The van der Waals surface area contributed by atoms with Crippen molar-refractivity contribution in [2.24, 2.45) is 0 Å². The predicted molar refractivity (Wildman–Crippen MR) is 128 cm³/mol. The lowest BCUT2D eigenvalue weighted by Gasteiger charge is -2.30. The van der Waals surface area contributed by atoms with Crippen LogP contribution in [0.5, 0.6) is 0 Å². The third-order valence-electron chi connectivity index (χ3n) is 5.49. The average Bonchev–Trinajstić information content (AvgIpc) is 3.35. The normalized spacial score (nSPS) is 12.8. The molecule has 0 unspecified atom stereocenters. The first-order chi connectivity index (χ1) is 15.7. The number of thiazole rings is 1. The number of nitrogens with one attached hydrogen (secondary N) is 1. The van der Waals surface area contributed by atoms with Gasteiger partial charge in [0.1, 0.15) is 10.7 Å². The molecule has 2 heterocycles. The first-order valence-corrected chi connectivity index (χ1v) is 11.4. The monoisotopic (exact) mass is 439 g/mol. The van der Waals surface area contributed by atoms with Gasteiger partial charge in [-0.15, -0.1) is 11.3 Å². The highest BCUT2D eigenvalue weighted by Crippen LogP contribution is 2.32. The Kier molecular flexibility index (Phi) is 5.52. The SMILES string of the molecule is O=C(Nc1ccc2c(c1)N(C(=O)c1ccccc1)CCC2)c1csc(-c2ccccc2)n1. The van der Waals surface area contributed by atoms with E-state index in [-0.39, 0.29) is 11.8 Å². The molecule has 0 fully saturated rings. The molecule has 6 heteroatoms. The zero-order chi connectivity index (χ0) is 21.9. The molecule has 1 aromatic heterocycles. The first-order valence-electron chi connectivity index (χ1n) is 10.5. The zero-order valence-corrected chi connectivity index (χ0v) is 18.1. The molecule has 5 nitrogen and oxygen atoms in total. The van der Waals surface area contributed by atoms with Crippen molar-refractivity contribution in [1.82, 2.24) is 4.98 Å². The summed E-state index contributed by atoms with van der Waals surface area (Å²) in [5, 5.41) is 5.51. The van der Waals surface area contributed by atoms with Crippen molar-refractivity contribution in [2.75, 3.05) is 16.8 Å². The summed E-state index contributed by atoms with van der Waals surface area (Å²) in [6, 6.07) is 24.9. The zero-order valence-electron chi connectivity index (χ0n) is 17.3. The van der Waals surface area contributed by atoms with E-state index in [1.807, 2.05) is 78.9 Å². The van der Waals surface area contributed by atoms with E-state index in [2.05, 4.69) is 10.3 Å². The molecule has 5 rings (SSSR count). The molecule has 1 aliphatic heterocycles. The van der Waals surface area contributed by atoms with Crippen LogP contribution in [0.15, 0.2) is 84.2 Å². The number of carbonyl (C=O) groups excluding carboxylic acids is 2. The van der Waals surface area contributed by atoms with Crippen LogP contribution in [0.4, 0.5) is 11.4 Å². The van der Waals surface area contributed by atoms with Crippen LogP contribution in [0.2, 0.25) is 0 Å². The van der Waals surface area contributed by atoms with E-state index in [1.165, 1.54) is 11.3 Å². The lowest BCUT2D eigenvalue weighted by molar-refractivity contribution is 0.0984. The van der Waals surface area contributed by atoms with Crippen LogP contribution in [-0.2, 0) is 6.42 Å². The Balaban J connectivity index is 1.37. The maximum absolute atomic E-state index is 13.1. The van der Waals surface area contributed by atoms with Gasteiger partial charge in [0, 0.05) is 34.4 Å². The second kappa shape index (κ2) is 8.77. The van der Waals surface area contributed by atoms with E-state index in [0.29, 0.717) is 23.5 Å². The van der Waals surface area contributed by atoms with Gasteiger partial charge in [0.25, 0.3) is 11.8 Å². The van der Waals surface area contributed by atoms with Gasteiger partial charge in [-0.05, 0) is 42.7 Å². The molecular formula is C26H21N3O2S. The van der Waals surface area contributed by atoms with Crippen molar-refractivity contribution in [3.05, 3.63) is 101 Å². The van der Waals surface area contributed by atoms with E-state index < -0.39 is 0 Å². The van der Waals surface area contributed by atoms with E-state index in [0.717, 1.165) is 34.7 Å². The molecule has 32 heavy (non-hydrogen) atoms. The lowest BCUT2D eigenvalue weighted by atomic mass is 10.00. The number of hydrogen-bond donors (Lipinski definition) is 1. The van der Waals surface area contributed by atoms with Gasteiger partial charge in [0.2, 0.25) is 0 Å². The standard InChI is InChI=1S/C26H21N3O2S/c30-24(22-17-32-25(28-22)19-8-3-1-4-9-19)27-21-14-13-18-12-7-15-29(23(18)16-21)26(31)20-10-5-2-6-11-20/h1-6,8-11,13-14,16-17H,7,12,15H2,(H,27,30). The highest BCUT2D eigenvalue weighted by molar-refractivity contribution is 7.13. The first kappa shape index (κ1) is 20.2.